The second-order valence-corrected chi connectivity index (χ2v) is 9.57. The molecule has 2 aliphatic rings. The van der Waals surface area contributed by atoms with Crippen LogP contribution in [0.2, 0.25) is 0 Å². The number of hydrogen-bond donors (Lipinski definition) is 0. The van der Waals surface area contributed by atoms with Crippen molar-refractivity contribution in [1.82, 2.24) is 9.80 Å². The molecule has 2 amide bonds. The number of carbonyl (C=O) groups is 2. The van der Waals surface area contributed by atoms with Crippen LogP contribution >= 0.6 is 11.3 Å². The molecule has 1 unspecified atom stereocenters. The molecule has 2 heterocycles. The molecule has 0 spiro atoms. The monoisotopic (exact) mass is 482 g/mol. The second-order valence-electron chi connectivity index (χ2n) is 8.57. The van der Waals surface area contributed by atoms with E-state index in [9.17, 15) is 18.4 Å². The van der Waals surface area contributed by atoms with Crippen molar-refractivity contribution >= 4 is 23.2 Å². The van der Waals surface area contributed by atoms with Gasteiger partial charge in [-0.05, 0) is 66.6 Å². The van der Waals surface area contributed by atoms with Crippen LogP contribution in [-0.4, -0.2) is 47.4 Å². The number of fused-ring (bicyclic) bond motifs is 1. The van der Waals surface area contributed by atoms with Crippen LogP contribution in [0.25, 0.3) is 0 Å². The predicted molar refractivity (Wildman–Crippen MR) is 125 cm³/mol. The van der Waals surface area contributed by atoms with Gasteiger partial charge in [-0.2, -0.15) is 0 Å². The van der Waals surface area contributed by atoms with Gasteiger partial charge in [0.1, 0.15) is 19.0 Å². The lowest BCUT2D eigenvalue weighted by molar-refractivity contribution is -0.135. The quantitative estimate of drug-likeness (QED) is 0.485. The number of nitrogens with zero attached hydrogens (tertiary/aromatic N) is 2. The smallest absolute Gasteiger partial charge is 0.254 e. The van der Waals surface area contributed by atoms with E-state index in [2.05, 4.69) is 0 Å². The average molecular weight is 483 g/mol. The lowest BCUT2D eigenvalue weighted by atomic mass is 10.0. The van der Waals surface area contributed by atoms with Gasteiger partial charge >= 0.3 is 0 Å². The summed E-state index contributed by atoms with van der Waals surface area (Å²) in [5, 5.41) is 1.98. The molecule has 34 heavy (non-hydrogen) atoms. The van der Waals surface area contributed by atoms with Gasteiger partial charge in [0.05, 0.1) is 6.04 Å². The molecule has 5 nitrogen and oxygen atoms in total. The molecule has 0 saturated heterocycles. The van der Waals surface area contributed by atoms with E-state index in [-0.39, 0.29) is 48.4 Å². The van der Waals surface area contributed by atoms with Crippen LogP contribution in [0.1, 0.15) is 39.7 Å². The molecule has 0 bridgehead atoms. The van der Waals surface area contributed by atoms with Crippen LogP contribution in [-0.2, 0) is 11.2 Å². The third-order valence-corrected chi connectivity index (χ3v) is 7.27. The van der Waals surface area contributed by atoms with Crippen molar-refractivity contribution in [3.63, 3.8) is 0 Å². The SMILES string of the molecule is O=C(c1cccc(F)c1)N(CC(=O)N1CCc2sccc2C1COc1ccccc1F)C1CC1. The van der Waals surface area contributed by atoms with E-state index in [0.29, 0.717) is 6.54 Å². The number of ether oxygens (including phenoxy) is 1. The van der Waals surface area contributed by atoms with Crippen LogP contribution in [0.4, 0.5) is 8.78 Å². The van der Waals surface area contributed by atoms with Crippen molar-refractivity contribution in [3.05, 3.63) is 87.6 Å². The summed E-state index contributed by atoms with van der Waals surface area (Å²) < 4.78 is 33.6. The molecule has 1 aliphatic heterocycles. The zero-order valence-corrected chi connectivity index (χ0v) is 19.3. The Balaban J connectivity index is 1.35. The van der Waals surface area contributed by atoms with E-state index in [1.54, 1.807) is 45.4 Å². The first-order chi connectivity index (χ1) is 16.5. The summed E-state index contributed by atoms with van der Waals surface area (Å²) in [6, 6.07) is 13.3. The normalized spacial score (nSPS) is 17.2. The molecule has 1 aliphatic carbocycles. The molecule has 176 valence electrons. The zero-order valence-electron chi connectivity index (χ0n) is 18.5. The highest BCUT2D eigenvalue weighted by Crippen LogP contribution is 2.35. The summed E-state index contributed by atoms with van der Waals surface area (Å²) in [7, 11) is 0. The van der Waals surface area contributed by atoms with Crippen molar-refractivity contribution in [3.8, 4) is 5.75 Å². The fourth-order valence-electron chi connectivity index (χ4n) is 4.38. The van der Waals surface area contributed by atoms with Crippen molar-refractivity contribution in [1.29, 1.82) is 0 Å². The Morgan fingerprint density at radius 3 is 2.68 bits per heavy atom. The molecule has 1 fully saturated rings. The lowest BCUT2D eigenvalue weighted by Gasteiger charge is -2.37. The summed E-state index contributed by atoms with van der Waals surface area (Å²) in [4.78, 5) is 31.1. The van der Waals surface area contributed by atoms with Gasteiger partial charge in [-0.15, -0.1) is 11.3 Å². The van der Waals surface area contributed by atoms with E-state index >= 15 is 0 Å². The number of thiophene rings is 1. The minimum atomic E-state index is -0.487. The third-order valence-electron chi connectivity index (χ3n) is 6.27. The van der Waals surface area contributed by atoms with Crippen molar-refractivity contribution < 1.29 is 23.1 Å². The van der Waals surface area contributed by atoms with Crippen molar-refractivity contribution in [2.24, 2.45) is 0 Å². The molecule has 1 saturated carbocycles. The summed E-state index contributed by atoms with van der Waals surface area (Å²) in [5.41, 5.74) is 1.23. The Morgan fingerprint density at radius 2 is 1.91 bits per heavy atom. The molecule has 5 rings (SSSR count). The fraction of sp³-hybridized carbons (Fsp3) is 0.308. The van der Waals surface area contributed by atoms with Crippen LogP contribution < -0.4 is 4.74 Å². The minimum Gasteiger partial charge on any atom is -0.488 e. The maximum absolute atomic E-state index is 14.1. The first-order valence-corrected chi connectivity index (χ1v) is 12.2. The van der Waals surface area contributed by atoms with Crippen LogP contribution in [0, 0.1) is 11.6 Å². The summed E-state index contributed by atoms with van der Waals surface area (Å²) in [6.07, 6.45) is 2.36. The van der Waals surface area contributed by atoms with Crippen LogP contribution in [0.3, 0.4) is 0 Å². The number of para-hydroxylation sites is 1. The summed E-state index contributed by atoms with van der Waals surface area (Å²) in [5.74, 6) is -1.35. The van der Waals surface area contributed by atoms with Crippen molar-refractivity contribution in [2.45, 2.75) is 31.3 Å². The van der Waals surface area contributed by atoms with Gasteiger partial charge in [0, 0.05) is 23.0 Å². The van der Waals surface area contributed by atoms with Gasteiger partial charge in [-0.3, -0.25) is 9.59 Å². The number of rotatable bonds is 7. The number of carbonyl (C=O) groups excluding carboxylic acids is 2. The average Bonchev–Trinajstić information content (AvgIpc) is 3.57. The molecular weight excluding hydrogens is 458 g/mol. The number of benzene rings is 2. The standard InChI is InChI=1S/C26H24F2N2O3S/c27-18-5-3-4-17(14-18)26(32)30(19-8-9-19)15-25(31)29-12-10-24-20(11-13-34-24)22(29)16-33-23-7-2-1-6-21(23)28/h1-7,11,13-14,19,22H,8-10,12,15-16H2. The molecule has 1 aromatic heterocycles. The number of halogens is 2. The highest BCUT2D eigenvalue weighted by Gasteiger charge is 2.38. The van der Waals surface area contributed by atoms with Gasteiger partial charge in [-0.1, -0.05) is 18.2 Å². The maximum atomic E-state index is 14.1. The Hall–Kier alpha value is -3.26. The van der Waals surface area contributed by atoms with Gasteiger partial charge in [0.2, 0.25) is 5.91 Å². The molecule has 3 aromatic rings. The van der Waals surface area contributed by atoms with Gasteiger partial charge in [0.25, 0.3) is 5.91 Å². The minimum absolute atomic E-state index is 0.0191. The first kappa shape index (κ1) is 22.5. The van der Waals surface area contributed by atoms with Gasteiger partial charge in [-0.25, -0.2) is 8.78 Å². The zero-order chi connectivity index (χ0) is 23.7. The highest BCUT2D eigenvalue weighted by atomic mass is 32.1. The molecular formula is C26H24F2N2O3S. The molecule has 2 aromatic carbocycles. The van der Waals surface area contributed by atoms with E-state index in [4.69, 9.17) is 4.74 Å². The number of amides is 2. The van der Waals surface area contributed by atoms with Crippen LogP contribution in [0.5, 0.6) is 5.75 Å². The maximum Gasteiger partial charge on any atom is 0.254 e. The Bertz CT molecular complexity index is 1210. The molecule has 0 N–H and O–H groups in total. The number of hydrogen-bond acceptors (Lipinski definition) is 4. The van der Waals surface area contributed by atoms with E-state index in [1.165, 1.54) is 29.1 Å². The Morgan fingerprint density at radius 1 is 1.09 bits per heavy atom. The highest BCUT2D eigenvalue weighted by molar-refractivity contribution is 7.10. The van der Waals surface area contributed by atoms with E-state index < -0.39 is 11.6 Å². The molecule has 1 atom stereocenters. The van der Waals surface area contributed by atoms with E-state index in [1.807, 2.05) is 11.4 Å². The second kappa shape index (κ2) is 9.54. The predicted octanol–water partition coefficient (Wildman–Crippen LogP) is 4.84. The Kier molecular flexibility index (Phi) is 6.32. The van der Waals surface area contributed by atoms with Gasteiger partial charge in [0.15, 0.2) is 11.6 Å². The third kappa shape index (κ3) is 4.68. The topological polar surface area (TPSA) is 49.9 Å². The largest absolute Gasteiger partial charge is 0.488 e. The first-order valence-electron chi connectivity index (χ1n) is 11.3. The molecule has 0 radical (unpaired) electrons. The molecule has 8 heteroatoms. The van der Waals surface area contributed by atoms with Crippen molar-refractivity contribution in [2.75, 3.05) is 19.7 Å². The van der Waals surface area contributed by atoms with Gasteiger partial charge < -0.3 is 14.5 Å². The fourth-order valence-corrected chi connectivity index (χ4v) is 5.31. The lowest BCUT2D eigenvalue weighted by Crippen LogP contribution is -2.48. The summed E-state index contributed by atoms with van der Waals surface area (Å²) in [6.45, 7) is 0.512. The Labute approximate surface area is 200 Å². The summed E-state index contributed by atoms with van der Waals surface area (Å²) >= 11 is 1.63. The van der Waals surface area contributed by atoms with E-state index in [0.717, 1.165) is 24.8 Å². The van der Waals surface area contributed by atoms with Crippen LogP contribution in [0.15, 0.2) is 60.0 Å².